The van der Waals surface area contributed by atoms with E-state index >= 15 is 0 Å². The van der Waals surface area contributed by atoms with Crippen molar-refractivity contribution in [3.63, 3.8) is 0 Å². The number of benzene rings is 1. The molecule has 80 valence electrons. The molecule has 0 unspecified atom stereocenters. The molecule has 15 heavy (non-hydrogen) atoms. The van der Waals surface area contributed by atoms with Gasteiger partial charge in [0.2, 0.25) is 0 Å². The summed E-state index contributed by atoms with van der Waals surface area (Å²) in [5.74, 6) is -0.191. The Hall–Kier alpha value is -0.920. The lowest BCUT2D eigenvalue weighted by atomic mass is 10.1. The summed E-state index contributed by atoms with van der Waals surface area (Å²) in [6, 6.07) is 6.95. The van der Waals surface area contributed by atoms with E-state index in [1.54, 1.807) is 12.1 Å². The molecule has 0 aliphatic carbocycles. The summed E-state index contributed by atoms with van der Waals surface area (Å²) in [6.07, 6.45) is 0.615. The van der Waals surface area contributed by atoms with E-state index in [9.17, 15) is 4.39 Å². The van der Waals surface area contributed by atoms with Gasteiger partial charge in [0.15, 0.2) is 0 Å². The molecule has 1 rings (SSSR count). The van der Waals surface area contributed by atoms with Gasteiger partial charge in [-0.05, 0) is 37.2 Å². The van der Waals surface area contributed by atoms with Crippen LogP contribution in [0, 0.1) is 17.1 Å². The van der Waals surface area contributed by atoms with Gasteiger partial charge in [-0.1, -0.05) is 15.9 Å². The van der Waals surface area contributed by atoms with Gasteiger partial charge in [-0.15, -0.1) is 0 Å². The summed E-state index contributed by atoms with van der Waals surface area (Å²) < 4.78 is 14.2. The molecule has 0 bridgehead atoms. The molecule has 0 radical (unpaired) electrons. The lowest BCUT2D eigenvalue weighted by Gasteiger charge is -2.12. The molecule has 0 aromatic heterocycles. The molecule has 0 amide bonds. The number of rotatable bonds is 4. The van der Waals surface area contributed by atoms with Crippen LogP contribution in [0.3, 0.4) is 0 Å². The number of halogens is 2. The monoisotopic (exact) mass is 270 g/mol. The fraction of sp³-hybridized carbons (Fsp3) is 0.364. The Morgan fingerprint density at radius 2 is 2.27 bits per heavy atom. The second-order valence-electron chi connectivity index (χ2n) is 3.38. The van der Waals surface area contributed by atoms with E-state index in [1.165, 1.54) is 6.07 Å². The van der Waals surface area contributed by atoms with Gasteiger partial charge >= 0.3 is 0 Å². The number of likely N-dealkylation sites (N-methyl/N-ethyl adjacent to an activating group) is 1. The number of nitrogens with zero attached hydrogens (tertiary/aromatic N) is 2. The van der Waals surface area contributed by atoms with Gasteiger partial charge in [-0.2, -0.15) is 5.26 Å². The van der Waals surface area contributed by atoms with Crippen molar-refractivity contribution in [3.8, 4) is 6.07 Å². The van der Waals surface area contributed by atoms with Crippen LogP contribution < -0.4 is 0 Å². The minimum absolute atomic E-state index is 0.191. The minimum Gasteiger partial charge on any atom is -0.293 e. The topological polar surface area (TPSA) is 27.0 Å². The molecular formula is C11H12BrFN2. The van der Waals surface area contributed by atoms with E-state index in [4.69, 9.17) is 5.26 Å². The molecule has 1 aromatic carbocycles. The molecule has 4 heteroatoms. The molecule has 0 N–H and O–H groups in total. The van der Waals surface area contributed by atoms with Gasteiger partial charge < -0.3 is 0 Å². The summed E-state index contributed by atoms with van der Waals surface area (Å²) in [7, 11) is 1.85. The molecule has 0 saturated carbocycles. The molecule has 0 fully saturated rings. The largest absolute Gasteiger partial charge is 0.293 e. The zero-order valence-electron chi connectivity index (χ0n) is 8.50. The normalized spacial score (nSPS) is 10.3. The number of hydrogen-bond donors (Lipinski definition) is 0. The molecule has 0 saturated heterocycles. The highest BCUT2D eigenvalue weighted by atomic mass is 79.9. The molecule has 1 aromatic rings. The maximum Gasteiger partial charge on any atom is 0.126 e. The third-order valence-electron chi connectivity index (χ3n) is 2.11. The van der Waals surface area contributed by atoms with Crippen LogP contribution in [0.25, 0.3) is 0 Å². The van der Waals surface area contributed by atoms with Gasteiger partial charge in [-0.3, -0.25) is 4.90 Å². The minimum atomic E-state index is -0.191. The van der Waals surface area contributed by atoms with Gasteiger partial charge in [-0.25, -0.2) is 4.39 Å². The molecule has 2 nitrogen and oxygen atoms in total. The Balaban J connectivity index is 2.57. The highest BCUT2D eigenvalue weighted by molar-refractivity contribution is 9.10. The van der Waals surface area contributed by atoms with Crippen LogP contribution in [0.2, 0.25) is 0 Å². The second-order valence-corrected chi connectivity index (χ2v) is 4.30. The Labute approximate surface area is 97.4 Å². The first-order chi connectivity index (χ1) is 7.13. The summed E-state index contributed by atoms with van der Waals surface area (Å²) in [6.45, 7) is 1.05. The van der Waals surface area contributed by atoms with E-state index in [0.29, 0.717) is 25.1 Å². The summed E-state index contributed by atoms with van der Waals surface area (Å²) in [5.41, 5.74) is 0.675. The fourth-order valence-electron chi connectivity index (χ4n) is 1.25. The first-order valence-electron chi connectivity index (χ1n) is 4.63. The van der Waals surface area contributed by atoms with Crippen molar-refractivity contribution in [1.82, 2.24) is 4.90 Å². The highest BCUT2D eigenvalue weighted by Crippen LogP contribution is 2.16. The van der Waals surface area contributed by atoms with Crippen molar-refractivity contribution in [2.75, 3.05) is 20.1 Å². The molecule has 0 aliphatic heterocycles. The Morgan fingerprint density at radius 3 is 2.93 bits per heavy atom. The van der Waals surface area contributed by atoms with Crippen LogP contribution in [0.5, 0.6) is 0 Å². The van der Waals surface area contributed by atoms with E-state index in [1.807, 2.05) is 11.9 Å². The molecule has 0 atom stereocenters. The summed E-state index contributed by atoms with van der Waals surface area (Å²) >= 11 is 3.30. The average molecular weight is 271 g/mol. The second kappa shape index (κ2) is 5.84. The SMILES string of the molecule is CN(CC#N)CCc1cc(Br)ccc1F. The third kappa shape index (κ3) is 3.98. The standard InChI is InChI=1S/C11H12BrFN2/c1-15(7-5-14)6-4-9-8-10(12)2-3-11(9)13/h2-3,8H,4,6-7H2,1H3. The predicted molar refractivity (Wildman–Crippen MR) is 60.9 cm³/mol. The summed E-state index contributed by atoms with van der Waals surface area (Å²) in [5, 5.41) is 8.46. The van der Waals surface area contributed by atoms with Crippen LogP contribution in [-0.4, -0.2) is 25.0 Å². The van der Waals surface area contributed by atoms with Crippen LogP contribution in [0.1, 0.15) is 5.56 Å². The Bertz CT molecular complexity index is 373. The molecule has 0 aliphatic rings. The predicted octanol–water partition coefficient (Wildman–Crippen LogP) is 2.59. The molecular weight excluding hydrogens is 259 g/mol. The first kappa shape index (κ1) is 12.2. The quantitative estimate of drug-likeness (QED) is 0.787. The highest BCUT2D eigenvalue weighted by Gasteiger charge is 2.04. The van der Waals surface area contributed by atoms with Crippen LogP contribution >= 0.6 is 15.9 Å². The first-order valence-corrected chi connectivity index (χ1v) is 5.42. The van der Waals surface area contributed by atoms with E-state index < -0.39 is 0 Å². The summed E-state index contributed by atoms with van der Waals surface area (Å²) in [4.78, 5) is 1.86. The maximum atomic E-state index is 13.3. The van der Waals surface area contributed by atoms with Crippen LogP contribution in [-0.2, 0) is 6.42 Å². The lowest BCUT2D eigenvalue weighted by Crippen LogP contribution is -2.21. The molecule has 0 heterocycles. The van der Waals surface area contributed by atoms with E-state index in [2.05, 4.69) is 22.0 Å². The van der Waals surface area contributed by atoms with Gasteiger partial charge in [0.25, 0.3) is 0 Å². The zero-order valence-corrected chi connectivity index (χ0v) is 10.1. The van der Waals surface area contributed by atoms with Crippen molar-refractivity contribution < 1.29 is 4.39 Å². The third-order valence-corrected chi connectivity index (χ3v) is 2.60. The maximum absolute atomic E-state index is 13.3. The van der Waals surface area contributed by atoms with Gasteiger partial charge in [0.05, 0.1) is 12.6 Å². The van der Waals surface area contributed by atoms with Crippen molar-refractivity contribution in [2.45, 2.75) is 6.42 Å². The van der Waals surface area contributed by atoms with Crippen molar-refractivity contribution in [3.05, 3.63) is 34.1 Å². The van der Waals surface area contributed by atoms with E-state index in [-0.39, 0.29) is 5.82 Å². The van der Waals surface area contributed by atoms with Gasteiger partial charge in [0, 0.05) is 11.0 Å². The van der Waals surface area contributed by atoms with Crippen molar-refractivity contribution in [2.24, 2.45) is 0 Å². The van der Waals surface area contributed by atoms with Crippen LogP contribution in [0.15, 0.2) is 22.7 Å². The number of hydrogen-bond acceptors (Lipinski definition) is 2. The van der Waals surface area contributed by atoms with Crippen molar-refractivity contribution in [1.29, 1.82) is 5.26 Å². The van der Waals surface area contributed by atoms with Gasteiger partial charge in [0.1, 0.15) is 5.82 Å². The lowest BCUT2D eigenvalue weighted by molar-refractivity contribution is 0.376. The smallest absolute Gasteiger partial charge is 0.126 e. The zero-order chi connectivity index (χ0) is 11.3. The Kier molecular flexibility index (Phi) is 4.73. The van der Waals surface area contributed by atoms with E-state index in [0.717, 1.165) is 4.47 Å². The fourth-order valence-corrected chi connectivity index (χ4v) is 1.65. The average Bonchev–Trinajstić information content (AvgIpc) is 2.20. The van der Waals surface area contributed by atoms with Crippen LogP contribution in [0.4, 0.5) is 4.39 Å². The number of nitriles is 1. The Morgan fingerprint density at radius 1 is 1.53 bits per heavy atom. The molecule has 0 spiro atoms. The van der Waals surface area contributed by atoms with Crippen molar-refractivity contribution >= 4 is 15.9 Å².